The number of hydrogen-bond donors (Lipinski definition) is 0. The van der Waals surface area contributed by atoms with Crippen molar-refractivity contribution in [1.29, 1.82) is 0 Å². The van der Waals surface area contributed by atoms with Crippen molar-refractivity contribution in [2.45, 2.75) is 6.92 Å². The monoisotopic (exact) mass is 308 g/mol. The van der Waals surface area contributed by atoms with Crippen LogP contribution < -0.4 is 34.0 Å². The SMILES string of the molecule is Cc1ccccc1Cl.[Br-].[Br-].[Mg+2]. The third kappa shape index (κ3) is 6.40. The van der Waals surface area contributed by atoms with Gasteiger partial charge in [0.2, 0.25) is 0 Å². The van der Waals surface area contributed by atoms with Crippen LogP contribution in [0, 0.1) is 6.92 Å². The van der Waals surface area contributed by atoms with Crippen molar-refractivity contribution >= 4 is 34.7 Å². The molecule has 0 bridgehead atoms. The standard InChI is InChI=1S/C7H7Cl.2BrH.Mg/c1-6-4-2-3-5-7(6)8;;;/h2-5H,1H3;2*1H;/q;;;+2/p-2. The van der Waals surface area contributed by atoms with Crippen LogP contribution in [0.5, 0.6) is 0 Å². The Balaban J connectivity index is -0.000000213. The van der Waals surface area contributed by atoms with Gasteiger partial charge in [-0.15, -0.1) is 0 Å². The minimum atomic E-state index is 0. The van der Waals surface area contributed by atoms with Crippen molar-refractivity contribution in [3.8, 4) is 0 Å². The third-order valence-electron chi connectivity index (χ3n) is 1.08. The van der Waals surface area contributed by atoms with E-state index in [1.807, 2.05) is 31.2 Å². The van der Waals surface area contributed by atoms with Crippen molar-refractivity contribution in [3.05, 3.63) is 34.9 Å². The van der Waals surface area contributed by atoms with Crippen LogP contribution in [0.15, 0.2) is 24.3 Å². The zero-order valence-electron chi connectivity index (χ0n) is 6.15. The second kappa shape index (κ2) is 9.33. The molecule has 0 spiro atoms. The summed E-state index contributed by atoms with van der Waals surface area (Å²) in [5, 5.41) is 0.840. The number of aryl methyl sites for hydroxylation is 1. The minimum Gasteiger partial charge on any atom is -1.00 e. The van der Waals surface area contributed by atoms with E-state index in [1.165, 1.54) is 0 Å². The van der Waals surface area contributed by atoms with Gasteiger partial charge in [0.25, 0.3) is 0 Å². The molecule has 0 amide bonds. The fraction of sp³-hybridized carbons (Fsp3) is 0.143. The van der Waals surface area contributed by atoms with Crippen LogP contribution in [-0.4, -0.2) is 23.1 Å². The Morgan fingerprint density at radius 2 is 1.55 bits per heavy atom. The number of hydrogen-bond acceptors (Lipinski definition) is 0. The summed E-state index contributed by atoms with van der Waals surface area (Å²) in [5.74, 6) is 0. The number of benzene rings is 1. The second-order valence-electron chi connectivity index (χ2n) is 1.75. The maximum atomic E-state index is 5.71. The van der Waals surface area contributed by atoms with Crippen molar-refractivity contribution in [2.24, 2.45) is 0 Å². The summed E-state index contributed by atoms with van der Waals surface area (Å²) >= 11 is 5.71. The molecule has 0 unspecified atom stereocenters. The largest absolute Gasteiger partial charge is 2.00 e. The van der Waals surface area contributed by atoms with Gasteiger partial charge in [-0.3, -0.25) is 0 Å². The summed E-state index contributed by atoms with van der Waals surface area (Å²) in [6, 6.07) is 7.77. The Hall–Kier alpha value is 1.24. The summed E-state index contributed by atoms with van der Waals surface area (Å²) < 4.78 is 0. The van der Waals surface area contributed by atoms with Gasteiger partial charge >= 0.3 is 23.1 Å². The Kier molecular flexibility index (Phi) is 15.4. The van der Waals surface area contributed by atoms with E-state index in [2.05, 4.69) is 0 Å². The van der Waals surface area contributed by atoms with E-state index >= 15 is 0 Å². The molecular formula is C7H7Br2ClMg. The van der Waals surface area contributed by atoms with Crippen molar-refractivity contribution < 1.29 is 34.0 Å². The Morgan fingerprint density at radius 3 is 1.82 bits per heavy atom. The fourth-order valence-electron chi connectivity index (χ4n) is 0.551. The van der Waals surface area contributed by atoms with Crippen LogP contribution >= 0.6 is 11.6 Å². The van der Waals surface area contributed by atoms with Gasteiger partial charge in [0.05, 0.1) is 0 Å². The Labute approximate surface area is 109 Å². The van der Waals surface area contributed by atoms with E-state index in [4.69, 9.17) is 11.6 Å². The van der Waals surface area contributed by atoms with Crippen molar-refractivity contribution in [3.63, 3.8) is 0 Å². The van der Waals surface area contributed by atoms with Gasteiger partial charge in [-0.05, 0) is 18.6 Å². The molecule has 0 radical (unpaired) electrons. The van der Waals surface area contributed by atoms with Gasteiger partial charge in [-0.25, -0.2) is 0 Å². The van der Waals surface area contributed by atoms with E-state index in [0.29, 0.717) is 0 Å². The van der Waals surface area contributed by atoms with Crippen LogP contribution in [0.4, 0.5) is 0 Å². The minimum absolute atomic E-state index is 0. The molecule has 0 saturated carbocycles. The molecule has 4 heteroatoms. The predicted molar refractivity (Wildman–Crippen MR) is 41.9 cm³/mol. The van der Waals surface area contributed by atoms with Crippen LogP contribution in [0.2, 0.25) is 5.02 Å². The maximum Gasteiger partial charge on any atom is 2.00 e. The van der Waals surface area contributed by atoms with E-state index in [-0.39, 0.29) is 57.0 Å². The summed E-state index contributed by atoms with van der Waals surface area (Å²) in [5.41, 5.74) is 1.13. The zero-order valence-corrected chi connectivity index (χ0v) is 11.5. The summed E-state index contributed by atoms with van der Waals surface area (Å²) in [6.45, 7) is 1.99. The normalized spacial score (nSPS) is 6.73. The van der Waals surface area contributed by atoms with Crippen LogP contribution in [0.1, 0.15) is 5.56 Å². The first kappa shape index (κ1) is 18.1. The van der Waals surface area contributed by atoms with Crippen LogP contribution in [0.25, 0.3) is 0 Å². The van der Waals surface area contributed by atoms with Crippen LogP contribution in [0.3, 0.4) is 0 Å². The topological polar surface area (TPSA) is 0 Å². The smallest absolute Gasteiger partial charge is 1.00 e. The second-order valence-corrected chi connectivity index (χ2v) is 2.16. The Morgan fingerprint density at radius 1 is 1.09 bits per heavy atom. The molecule has 0 atom stereocenters. The summed E-state index contributed by atoms with van der Waals surface area (Å²) in [6.07, 6.45) is 0. The number of rotatable bonds is 0. The quantitative estimate of drug-likeness (QED) is 0.433. The molecule has 0 aliphatic carbocycles. The third-order valence-corrected chi connectivity index (χ3v) is 1.50. The fourth-order valence-corrected chi connectivity index (χ4v) is 0.687. The van der Waals surface area contributed by atoms with Gasteiger partial charge in [-0.1, -0.05) is 29.8 Å². The predicted octanol–water partition coefficient (Wildman–Crippen LogP) is -3.72. The molecule has 0 fully saturated rings. The van der Waals surface area contributed by atoms with Gasteiger partial charge in [0.15, 0.2) is 0 Å². The van der Waals surface area contributed by atoms with Gasteiger partial charge in [0.1, 0.15) is 0 Å². The molecular weight excluding hydrogens is 304 g/mol. The van der Waals surface area contributed by atoms with E-state index in [1.54, 1.807) is 0 Å². The van der Waals surface area contributed by atoms with E-state index < -0.39 is 0 Å². The first-order chi connectivity index (χ1) is 3.80. The van der Waals surface area contributed by atoms with Crippen LogP contribution in [-0.2, 0) is 0 Å². The molecule has 0 nitrogen and oxygen atoms in total. The molecule has 0 aliphatic heterocycles. The molecule has 0 N–H and O–H groups in total. The average Bonchev–Trinajstić information content (AvgIpc) is 1.77. The first-order valence-corrected chi connectivity index (χ1v) is 2.89. The maximum absolute atomic E-state index is 5.71. The van der Waals surface area contributed by atoms with Crippen molar-refractivity contribution in [2.75, 3.05) is 0 Å². The molecule has 0 heterocycles. The van der Waals surface area contributed by atoms with E-state index in [0.717, 1.165) is 10.6 Å². The molecule has 0 aromatic heterocycles. The van der Waals surface area contributed by atoms with Crippen molar-refractivity contribution in [1.82, 2.24) is 0 Å². The molecule has 11 heavy (non-hydrogen) atoms. The molecule has 0 saturated heterocycles. The van der Waals surface area contributed by atoms with Gasteiger partial charge in [0, 0.05) is 5.02 Å². The average molecular weight is 311 g/mol. The van der Waals surface area contributed by atoms with E-state index in [9.17, 15) is 0 Å². The molecule has 1 rings (SSSR count). The zero-order chi connectivity index (χ0) is 5.98. The van der Waals surface area contributed by atoms with Gasteiger partial charge in [-0.2, -0.15) is 0 Å². The first-order valence-electron chi connectivity index (χ1n) is 2.52. The number of halogens is 3. The molecule has 1 aromatic carbocycles. The Bertz CT molecular complexity index is 173. The summed E-state index contributed by atoms with van der Waals surface area (Å²) in [7, 11) is 0. The van der Waals surface area contributed by atoms with Gasteiger partial charge < -0.3 is 34.0 Å². The molecule has 0 aliphatic rings. The molecule has 58 valence electrons. The molecule has 1 aromatic rings. The summed E-state index contributed by atoms with van der Waals surface area (Å²) in [4.78, 5) is 0.